The Morgan fingerprint density at radius 3 is 2.68 bits per heavy atom. The fraction of sp³-hybridized carbons (Fsp3) is 0.571. The number of alkyl halides is 2. The lowest BCUT2D eigenvalue weighted by molar-refractivity contribution is 0.0821. The van der Waals surface area contributed by atoms with E-state index in [2.05, 4.69) is 4.90 Å². The standard InChI is InChI=1S/C14H20F2N2O/c1-10-2-3-13(19-9-14(15)16)12(8-10)18-6-4-11(17)5-7-18/h2-3,8,11,14H,4-7,9,17H2,1H3. The molecule has 0 radical (unpaired) electrons. The van der Waals surface area contributed by atoms with Gasteiger partial charge in [-0.3, -0.25) is 0 Å². The topological polar surface area (TPSA) is 38.5 Å². The molecule has 106 valence electrons. The monoisotopic (exact) mass is 270 g/mol. The summed E-state index contributed by atoms with van der Waals surface area (Å²) in [6.45, 7) is 3.10. The van der Waals surface area contributed by atoms with Crippen LogP contribution in [0.25, 0.3) is 0 Å². The molecular weight excluding hydrogens is 250 g/mol. The highest BCUT2D eigenvalue weighted by molar-refractivity contribution is 5.60. The van der Waals surface area contributed by atoms with Crippen molar-refractivity contribution in [1.82, 2.24) is 0 Å². The molecule has 1 saturated heterocycles. The first-order valence-corrected chi connectivity index (χ1v) is 6.58. The quantitative estimate of drug-likeness (QED) is 0.914. The lowest BCUT2D eigenvalue weighted by atomic mass is 10.0. The van der Waals surface area contributed by atoms with Crippen molar-refractivity contribution < 1.29 is 13.5 Å². The van der Waals surface area contributed by atoms with E-state index < -0.39 is 13.0 Å². The highest BCUT2D eigenvalue weighted by atomic mass is 19.3. The number of benzene rings is 1. The average molecular weight is 270 g/mol. The summed E-state index contributed by atoms with van der Waals surface area (Å²) < 4.78 is 29.8. The minimum atomic E-state index is -2.45. The van der Waals surface area contributed by atoms with Gasteiger partial charge in [0.2, 0.25) is 0 Å². The lowest BCUT2D eigenvalue weighted by Crippen LogP contribution is -2.39. The van der Waals surface area contributed by atoms with Gasteiger partial charge in [-0.2, -0.15) is 0 Å². The predicted molar refractivity (Wildman–Crippen MR) is 72.1 cm³/mol. The molecule has 1 aliphatic rings. The van der Waals surface area contributed by atoms with Crippen LogP contribution in [0.2, 0.25) is 0 Å². The third-order valence-corrected chi connectivity index (χ3v) is 3.36. The Balaban J connectivity index is 2.14. The first kappa shape index (κ1) is 14.1. The van der Waals surface area contributed by atoms with Gasteiger partial charge in [-0.05, 0) is 37.5 Å². The second-order valence-electron chi connectivity index (χ2n) is 5.00. The van der Waals surface area contributed by atoms with Gasteiger partial charge in [0.25, 0.3) is 6.43 Å². The molecule has 0 aliphatic carbocycles. The van der Waals surface area contributed by atoms with Crippen LogP contribution in [0.15, 0.2) is 18.2 Å². The molecule has 0 amide bonds. The largest absolute Gasteiger partial charge is 0.485 e. The van der Waals surface area contributed by atoms with Crippen molar-refractivity contribution in [3.8, 4) is 5.75 Å². The fourth-order valence-corrected chi connectivity index (χ4v) is 2.29. The number of nitrogens with two attached hydrogens (primary N) is 1. The number of halogens is 2. The minimum absolute atomic E-state index is 0.242. The van der Waals surface area contributed by atoms with Gasteiger partial charge in [0, 0.05) is 19.1 Å². The van der Waals surface area contributed by atoms with Crippen molar-refractivity contribution in [3.05, 3.63) is 23.8 Å². The maximum absolute atomic E-state index is 12.3. The number of hydrogen-bond acceptors (Lipinski definition) is 3. The highest BCUT2D eigenvalue weighted by Crippen LogP contribution is 2.31. The molecule has 0 saturated carbocycles. The van der Waals surface area contributed by atoms with Crippen LogP contribution in [-0.2, 0) is 0 Å². The lowest BCUT2D eigenvalue weighted by Gasteiger charge is -2.33. The third-order valence-electron chi connectivity index (χ3n) is 3.36. The van der Waals surface area contributed by atoms with Crippen molar-refractivity contribution in [3.63, 3.8) is 0 Å². The van der Waals surface area contributed by atoms with Gasteiger partial charge in [0.1, 0.15) is 12.4 Å². The number of aryl methyl sites for hydroxylation is 1. The Hall–Kier alpha value is -1.36. The van der Waals surface area contributed by atoms with Gasteiger partial charge in [-0.15, -0.1) is 0 Å². The first-order chi connectivity index (χ1) is 9.06. The van der Waals surface area contributed by atoms with Crippen molar-refractivity contribution >= 4 is 5.69 Å². The van der Waals surface area contributed by atoms with E-state index in [1.807, 2.05) is 19.1 Å². The second-order valence-corrected chi connectivity index (χ2v) is 5.00. The van der Waals surface area contributed by atoms with Crippen molar-refractivity contribution in [2.45, 2.75) is 32.2 Å². The molecule has 0 aromatic heterocycles. The number of ether oxygens (including phenoxy) is 1. The average Bonchev–Trinajstić information content (AvgIpc) is 2.38. The molecule has 2 N–H and O–H groups in total. The van der Waals surface area contributed by atoms with Gasteiger partial charge < -0.3 is 15.4 Å². The Morgan fingerprint density at radius 2 is 2.05 bits per heavy atom. The van der Waals surface area contributed by atoms with Crippen LogP contribution in [0.1, 0.15) is 18.4 Å². The molecule has 1 aromatic rings. The molecule has 0 atom stereocenters. The fourth-order valence-electron chi connectivity index (χ4n) is 2.29. The van der Waals surface area contributed by atoms with E-state index in [-0.39, 0.29) is 6.04 Å². The summed E-state index contributed by atoms with van der Waals surface area (Å²) in [5.41, 5.74) is 7.87. The number of nitrogens with zero attached hydrogens (tertiary/aromatic N) is 1. The maximum Gasteiger partial charge on any atom is 0.272 e. The van der Waals surface area contributed by atoms with Crippen molar-refractivity contribution in [2.24, 2.45) is 5.73 Å². The van der Waals surface area contributed by atoms with Crippen molar-refractivity contribution in [2.75, 3.05) is 24.6 Å². The number of anilines is 1. The van der Waals surface area contributed by atoms with E-state index in [0.717, 1.165) is 37.2 Å². The smallest absolute Gasteiger partial charge is 0.272 e. The predicted octanol–water partition coefficient (Wildman–Crippen LogP) is 2.57. The van der Waals surface area contributed by atoms with Crippen LogP contribution < -0.4 is 15.4 Å². The molecule has 19 heavy (non-hydrogen) atoms. The minimum Gasteiger partial charge on any atom is -0.485 e. The molecule has 3 nitrogen and oxygen atoms in total. The molecular formula is C14H20F2N2O. The normalized spacial score (nSPS) is 17.0. The SMILES string of the molecule is Cc1ccc(OCC(F)F)c(N2CCC(N)CC2)c1. The summed E-state index contributed by atoms with van der Waals surface area (Å²) >= 11 is 0. The molecule has 1 aliphatic heterocycles. The van der Waals surface area contributed by atoms with Crippen LogP contribution in [-0.4, -0.2) is 32.2 Å². The zero-order valence-electron chi connectivity index (χ0n) is 11.1. The van der Waals surface area contributed by atoms with Gasteiger partial charge in [0.05, 0.1) is 5.69 Å². The van der Waals surface area contributed by atoms with E-state index in [0.29, 0.717) is 5.75 Å². The first-order valence-electron chi connectivity index (χ1n) is 6.58. The van der Waals surface area contributed by atoms with Crippen molar-refractivity contribution in [1.29, 1.82) is 0 Å². The summed E-state index contributed by atoms with van der Waals surface area (Å²) in [4.78, 5) is 2.16. The molecule has 0 spiro atoms. The van der Waals surface area contributed by atoms with Crippen LogP contribution >= 0.6 is 0 Å². The molecule has 5 heteroatoms. The van der Waals surface area contributed by atoms with Crippen LogP contribution in [0.5, 0.6) is 5.75 Å². The number of piperidine rings is 1. The van der Waals surface area contributed by atoms with E-state index in [1.165, 1.54) is 0 Å². The molecule has 2 rings (SSSR count). The highest BCUT2D eigenvalue weighted by Gasteiger charge is 2.19. The van der Waals surface area contributed by atoms with Gasteiger partial charge in [-0.25, -0.2) is 8.78 Å². The third kappa shape index (κ3) is 3.80. The number of hydrogen-bond donors (Lipinski definition) is 1. The van der Waals surface area contributed by atoms with Gasteiger partial charge in [-0.1, -0.05) is 6.07 Å². The zero-order chi connectivity index (χ0) is 13.8. The van der Waals surface area contributed by atoms with E-state index in [1.54, 1.807) is 6.07 Å². The molecule has 1 heterocycles. The molecule has 0 bridgehead atoms. The summed E-state index contributed by atoms with van der Waals surface area (Å²) in [5.74, 6) is 0.529. The second kappa shape index (κ2) is 6.19. The summed E-state index contributed by atoms with van der Waals surface area (Å²) in [5, 5.41) is 0. The Labute approximate surface area is 112 Å². The maximum atomic E-state index is 12.3. The van der Waals surface area contributed by atoms with Gasteiger partial charge >= 0.3 is 0 Å². The summed E-state index contributed by atoms with van der Waals surface area (Å²) in [6.07, 6.45) is -0.617. The van der Waals surface area contributed by atoms with Crippen LogP contribution in [0.3, 0.4) is 0 Å². The van der Waals surface area contributed by atoms with Crippen LogP contribution in [0, 0.1) is 6.92 Å². The van der Waals surface area contributed by atoms with Crippen LogP contribution in [0.4, 0.5) is 14.5 Å². The molecule has 0 unspecified atom stereocenters. The number of rotatable bonds is 4. The summed E-state index contributed by atoms with van der Waals surface area (Å²) in [7, 11) is 0. The van der Waals surface area contributed by atoms with E-state index >= 15 is 0 Å². The van der Waals surface area contributed by atoms with E-state index in [4.69, 9.17) is 10.5 Å². The Kier molecular flexibility index (Phi) is 4.58. The van der Waals surface area contributed by atoms with E-state index in [9.17, 15) is 8.78 Å². The Morgan fingerprint density at radius 1 is 1.37 bits per heavy atom. The Bertz CT molecular complexity index is 418. The summed E-state index contributed by atoms with van der Waals surface area (Å²) in [6, 6.07) is 5.87. The van der Waals surface area contributed by atoms with Gasteiger partial charge in [0.15, 0.2) is 0 Å². The zero-order valence-corrected chi connectivity index (χ0v) is 11.1. The molecule has 1 fully saturated rings. The molecule has 1 aromatic carbocycles.